The molecule has 1 amide bonds. The monoisotopic (exact) mass is 470 g/mol. The Labute approximate surface area is 205 Å². The maximum absolute atomic E-state index is 13.4. The van der Waals surface area contributed by atoms with Gasteiger partial charge in [0.1, 0.15) is 11.4 Å². The lowest BCUT2D eigenvalue weighted by Crippen LogP contribution is -2.49. The molecule has 8 nitrogen and oxygen atoms in total. The van der Waals surface area contributed by atoms with E-state index in [1.807, 2.05) is 72.1 Å². The molecule has 2 aromatic heterocycles. The summed E-state index contributed by atoms with van der Waals surface area (Å²) in [4.78, 5) is 17.6. The largest absolute Gasteiger partial charge is 0.496 e. The smallest absolute Gasteiger partial charge is 0.272 e. The second-order valence-electron chi connectivity index (χ2n) is 8.78. The lowest BCUT2D eigenvalue weighted by Gasteiger charge is -2.36. The number of para-hydroxylation sites is 2. The van der Waals surface area contributed by atoms with Crippen molar-refractivity contribution in [2.75, 3.05) is 38.2 Å². The van der Waals surface area contributed by atoms with Crippen LogP contribution in [0.3, 0.4) is 0 Å². The topological polar surface area (TPSA) is 68.4 Å². The van der Waals surface area contributed by atoms with Crippen molar-refractivity contribution in [3.8, 4) is 22.7 Å². The van der Waals surface area contributed by atoms with E-state index in [1.54, 1.807) is 11.8 Å². The van der Waals surface area contributed by atoms with Gasteiger partial charge < -0.3 is 14.5 Å². The molecule has 5 rings (SSSR count). The van der Waals surface area contributed by atoms with Crippen LogP contribution in [-0.4, -0.2) is 63.7 Å². The van der Waals surface area contributed by atoms with Crippen molar-refractivity contribution in [2.24, 2.45) is 7.05 Å². The SMILES string of the molecule is COc1ccccc1-c1cc(C(=O)N2CCN(c3c(C)nn(-c4ccccc4)c3C)CC2)n(C)n1. The molecule has 1 fully saturated rings. The Morgan fingerprint density at radius 1 is 0.914 bits per heavy atom. The predicted octanol–water partition coefficient (Wildman–Crippen LogP) is 3.86. The van der Waals surface area contributed by atoms with Crippen LogP contribution in [0, 0.1) is 13.8 Å². The maximum Gasteiger partial charge on any atom is 0.272 e. The predicted molar refractivity (Wildman–Crippen MR) is 136 cm³/mol. The minimum Gasteiger partial charge on any atom is -0.496 e. The van der Waals surface area contributed by atoms with Gasteiger partial charge in [-0.05, 0) is 44.2 Å². The average Bonchev–Trinajstić information content (AvgIpc) is 3.42. The lowest BCUT2D eigenvalue weighted by molar-refractivity contribution is 0.0735. The third-order valence-electron chi connectivity index (χ3n) is 6.62. The van der Waals surface area contributed by atoms with Crippen LogP contribution in [0.2, 0.25) is 0 Å². The summed E-state index contributed by atoms with van der Waals surface area (Å²) in [5.74, 6) is 0.731. The van der Waals surface area contributed by atoms with Gasteiger partial charge in [-0.15, -0.1) is 0 Å². The molecule has 4 aromatic rings. The number of carbonyl (C=O) groups excluding carboxylic acids is 1. The van der Waals surface area contributed by atoms with Gasteiger partial charge in [-0.1, -0.05) is 30.3 Å². The number of rotatable bonds is 5. The fourth-order valence-electron chi connectivity index (χ4n) is 4.86. The highest BCUT2D eigenvalue weighted by atomic mass is 16.5. The van der Waals surface area contributed by atoms with E-state index in [9.17, 15) is 4.79 Å². The van der Waals surface area contributed by atoms with Crippen molar-refractivity contribution in [1.29, 1.82) is 0 Å². The van der Waals surface area contributed by atoms with Crippen molar-refractivity contribution in [1.82, 2.24) is 24.5 Å². The molecular formula is C27H30N6O2. The molecule has 0 aliphatic carbocycles. The Morgan fingerprint density at radius 3 is 2.31 bits per heavy atom. The van der Waals surface area contributed by atoms with E-state index in [-0.39, 0.29) is 5.91 Å². The summed E-state index contributed by atoms with van der Waals surface area (Å²) < 4.78 is 9.13. The molecular weight excluding hydrogens is 440 g/mol. The summed E-state index contributed by atoms with van der Waals surface area (Å²) in [6.07, 6.45) is 0. The first-order valence-electron chi connectivity index (χ1n) is 11.8. The van der Waals surface area contributed by atoms with Crippen molar-refractivity contribution in [2.45, 2.75) is 13.8 Å². The summed E-state index contributed by atoms with van der Waals surface area (Å²) in [5, 5.41) is 9.38. The number of piperazine rings is 1. The first kappa shape index (κ1) is 22.7. The molecule has 2 aromatic carbocycles. The van der Waals surface area contributed by atoms with Gasteiger partial charge in [0, 0.05) is 38.8 Å². The fraction of sp³-hybridized carbons (Fsp3) is 0.296. The van der Waals surface area contributed by atoms with Gasteiger partial charge in [-0.25, -0.2) is 4.68 Å². The first-order valence-corrected chi connectivity index (χ1v) is 11.8. The third-order valence-corrected chi connectivity index (χ3v) is 6.62. The van der Waals surface area contributed by atoms with Crippen molar-refractivity contribution >= 4 is 11.6 Å². The molecule has 1 aliphatic heterocycles. The van der Waals surface area contributed by atoms with Crippen LogP contribution in [0.5, 0.6) is 5.75 Å². The summed E-state index contributed by atoms with van der Waals surface area (Å²) in [7, 11) is 3.45. The fourth-order valence-corrected chi connectivity index (χ4v) is 4.86. The van der Waals surface area contributed by atoms with Gasteiger partial charge in [0.2, 0.25) is 0 Å². The summed E-state index contributed by atoms with van der Waals surface area (Å²) >= 11 is 0. The van der Waals surface area contributed by atoms with Crippen molar-refractivity contribution in [3.63, 3.8) is 0 Å². The van der Waals surface area contributed by atoms with E-state index in [4.69, 9.17) is 9.84 Å². The van der Waals surface area contributed by atoms with Gasteiger partial charge in [0.15, 0.2) is 0 Å². The Balaban J connectivity index is 1.32. The zero-order valence-electron chi connectivity index (χ0n) is 20.6. The van der Waals surface area contributed by atoms with Crippen LogP contribution in [0.4, 0.5) is 5.69 Å². The number of methoxy groups -OCH3 is 1. The Kier molecular flexibility index (Phi) is 6.03. The quantitative estimate of drug-likeness (QED) is 0.443. The van der Waals surface area contributed by atoms with Crippen molar-refractivity contribution < 1.29 is 9.53 Å². The molecule has 3 heterocycles. The standard InChI is InChI=1S/C27H30N6O2/c1-19-26(20(2)33(28-19)21-10-6-5-7-11-21)31-14-16-32(17-15-31)27(34)24-18-23(29-30(24)3)22-12-8-9-13-25(22)35-4/h5-13,18H,14-17H2,1-4H3. The van der Waals surface area contributed by atoms with Gasteiger partial charge in [0.25, 0.3) is 5.91 Å². The van der Waals surface area contributed by atoms with E-state index in [1.165, 1.54) is 0 Å². The second kappa shape index (κ2) is 9.29. The molecule has 0 bridgehead atoms. The van der Waals surface area contributed by atoms with Crippen molar-refractivity contribution in [3.05, 3.63) is 77.7 Å². The van der Waals surface area contributed by atoms with Crippen LogP contribution >= 0.6 is 0 Å². The van der Waals surface area contributed by atoms with Gasteiger partial charge in [-0.2, -0.15) is 10.2 Å². The van der Waals surface area contributed by atoms with E-state index in [2.05, 4.69) is 29.1 Å². The number of hydrogen-bond donors (Lipinski definition) is 0. The number of amides is 1. The normalized spacial score (nSPS) is 13.8. The number of ether oxygens (including phenoxy) is 1. The second-order valence-corrected chi connectivity index (χ2v) is 8.78. The summed E-state index contributed by atoms with van der Waals surface area (Å²) in [6, 6.07) is 19.7. The number of benzene rings is 2. The summed E-state index contributed by atoms with van der Waals surface area (Å²) in [5.41, 5.74) is 6.49. The van der Waals surface area contributed by atoms with Crippen LogP contribution in [0.15, 0.2) is 60.7 Å². The molecule has 0 radical (unpaired) electrons. The van der Waals surface area contributed by atoms with Crippen LogP contribution in [0.25, 0.3) is 16.9 Å². The van der Waals surface area contributed by atoms with Gasteiger partial charge >= 0.3 is 0 Å². The van der Waals surface area contributed by atoms with Gasteiger partial charge in [-0.3, -0.25) is 9.48 Å². The molecule has 0 atom stereocenters. The highest BCUT2D eigenvalue weighted by Crippen LogP contribution is 2.30. The molecule has 1 aliphatic rings. The van der Waals surface area contributed by atoms with E-state index in [0.717, 1.165) is 52.9 Å². The first-order chi connectivity index (χ1) is 17.0. The number of hydrogen-bond acceptors (Lipinski definition) is 5. The molecule has 0 spiro atoms. The number of nitrogens with zero attached hydrogens (tertiary/aromatic N) is 6. The lowest BCUT2D eigenvalue weighted by atomic mass is 10.1. The molecule has 35 heavy (non-hydrogen) atoms. The maximum atomic E-state index is 13.4. The number of aryl methyl sites for hydroxylation is 2. The number of anilines is 1. The van der Waals surface area contributed by atoms with E-state index < -0.39 is 0 Å². The summed E-state index contributed by atoms with van der Waals surface area (Å²) in [6.45, 7) is 6.95. The Morgan fingerprint density at radius 2 is 1.60 bits per heavy atom. The van der Waals surface area contributed by atoms with E-state index >= 15 is 0 Å². The molecule has 0 unspecified atom stereocenters. The van der Waals surface area contributed by atoms with Crippen LogP contribution < -0.4 is 9.64 Å². The highest BCUT2D eigenvalue weighted by molar-refractivity contribution is 5.94. The molecule has 8 heteroatoms. The molecule has 180 valence electrons. The minimum atomic E-state index is -0.00535. The number of carbonyl (C=O) groups is 1. The van der Waals surface area contributed by atoms with Gasteiger partial charge in [0.05, 0.1) is 35.6 Å². The molecule has 1 saturated heterocycles. The Bertz CT molecular complexity index is 1350. The zero-order valence-corrected chi connectivity index (χ0v) is 20.6. The average molecular weight is 471 g/mol. The van der Waals surface area contributed by atoms with Crippen LogP contribution in [0.1, 0.15) is 21.9 Å². The molecule has 0 saturated carbocycles. The third kappa shape index (κ3) is 4.16. The minimum absolute atomic E-state index is 0.00535. The number of aromatic nitrogens is 4. The van der Waals surface area contributed by atoms with Crippen LogP contribution in [-0.2, 0) is 7.05 Å². The molecule has 0 N–H and O–H groups in total. The highest BCUT2D eigenvalue weighted by Gasteiger charge is 2.28. The Hall–Kier alpha value is -4.07. The zero-order chi connectivity index (χ0) is 24.5. The van der Waals surface area contributed by atoms with E-state index in [0.29, 0.717) is 18.8 Å².